The van der Waals surface area contributed by atoms with Crippen molar-refractivity contribution in [3.05, 3.63) is 57.6 Å². The van der Waals surface area contributed by atoms with Crippen LogP contribution in [-0.4, -0.2) is 44.9 Å². The number of ether oxygens (including phenoxy) is 1. The maximum atomic E-state index is 12.9. The first-order valence-corrected chi connectivity index (χ1v) is 10.4. The minimum Gasteiger partial charge on any atom is -0.379 e. The molecule has 27 heavy (non-hydrogen) atoms. The van der Waals surface area contributed by atoms with Crippen LogP contribution in [0, 0.1) is 6.92 Å². The Hall–Kier alpha value is -1.64. The van der Waals surface area contributed by atoms with Gasteiger partial charge in [-0.3, -0.25) is 4.79 Å². The summed E-state index contributed by atoms with van der Waals surface area (Å²) in [5.74, 6) is -0.471. The lowest BCUT2D eigenvalue weighted by Crippen LogP contribution is -2.40. The van der Waals surface area contributed by atoms with Gasteiger partial charge in [-0.2, -0.15) is 4.31 Å². The predicted octanol–water partition coefficient (Wildman–Crippen LogP) is 3.58. The number of anilines is 1. The highest BCUT2D eigenvalue weighted by Crippen LogP contribution is 2.26. The molecular weight excluding hydrogens is 411 g/mol. The molecular formula is C18H18Cl2N2O4S. The Bertz CT molecular complexity index is 973. The van der Waals surface area contributed by atoms with Gasteiger partial charge in [-0.25, -0.2) is 8.42 Å². The standard InChI is InChI=1S/C18H18Cl2N2O4S/c1-12-2-4-14(21-18(23)15-10-13(19)3-5-16(15)20)11-17(12)27(24,25)22-6-8-26-9-7-22/h2-5,10-11H,6-9H2,1H3,(H,21,23). The molecule has 9 heteroatoms. The minimum atomic E-state index is -3.68. The highest BCUT2D eigenvalue weighted by atomic mass is 35.5. The fourth-order valence-corrected chi connectivity index (χ4v) is 4.79. The number of hydrogen-bond donors (Lipinski definition) is 1. The molecule has 0 spiro atoms. The molecule has 2 aromatic rings. The van der Waals surface area contributed by atoms with Gasteiger partial charge >= 0.3 is 0 Å². The van der Waals surface area contributed by atoms with Crippen LogP contribution in [0.1, 0.15) is 15.9 Å². The summed E-state index contributed by atoms with van der Waals surface area (Å²) in [6, 6.07) is 9.32. The van der Waals surface area contributed by atoms with E-state index in [4.69, 9.17) is 27.9 Å². The van der Waals surface area contributed by atoms with Gasteiger partial charge in [0, 0.05) is 23.8 Å². The molecule has 0 radical (unpaired) electrons. The summed E-state index contributed by atoms with van der Waals surface area (Å²) in [5, 5.41) is 3.31. The van der Waals surface area contributed by atoms with Gasteiger partial charge in [0.25, 0.3) is 5.91 Å². The molecule has 0 atom stereocenters. The molecule has 144 valence electrons. The molecule has 1 heterocycles. The van der Waals surface area contributed by atoms with Crippen LogP contribution in [0.5, 0.6) is 0 Å². The average Bonchev–Trinajstić information content (AvgIpc) is 2.65. The van der Waals surface area contributed by atoms with Crippen molar-refractivity contribution in [1.29, 1.82) is 0 Å². The van der Waals surface area contributed by atoms with E-state index in [0.717, 1.165) is 0 Å². The summed E-state index contributed by atoms with van der Waals surface area (Å²) < 4.78 is 32.5. The van der Waals surface area contributed by atoms with Crippen LogP contribution in [-0.2, 0) is 14.8 Å². The zero-order valence-corrected chi connectivity index (χ0v) is 16.9. The van der Waals surface area contributed by atoms with Gasteiger partial charge in [-0.05, 0) is 42.8 Å². The number of aryl methyl sites for hydroxylation is 1. The van der Waals surface area contributed by atoms with Crippen LogP contribution in [0.4, 0.5) is 5.69 Å². The van der Waals surface area contributed by atoms with Gasteiger partial charge in [-0.1, -0.05) is 29.3 Å². The molecule has 1 N–H and O–H groups in total. The number of hydrogen-bond acceptors (Lipinski definition) is 4. The van der Waals surface area contributed by atoms with Crippen molar-refractivity contribution in [1.82, 2.24) is 4.31 Å². The minimum absolute atomic E-state index is 0.152. The lowest BCUT2D eigenvalue weighted by Gasteiger charge is -2.26. The second-order valence-corrected chi connectivity index (χ2v) is 8.83. The van der Waals surface area contributed by atoms with Crippen molar-refractivity contribution >= 4 is 44.8 Å². The van der Waals surface area contributed by atoms with Crippen molar-refractivity contribution in [2.45, 2.75) is 11.8 Å². The molecule has 1 amide bonds. The number of nitrogens with one attached hydrogen (secondary N) is 1. The van der Waals surface area contributed by atoms with E-state index in [1.807, 2.05) is 0 Å². The number of halogens is 2. The third-order valence-corrected chi connectivity index (χ3v) is 6.81. The van der Waals surface area contributed by atoms with E-state index in [1.54, 1.807) is 25.1 Å². The van der Waals surface area contributed by atoms with Crippen molar-refractivity contribution < 1.29 is 17.9 Å². The molecule has 1 saturated heterocycles. The van der Waals surface area contributed by atoms with Crippen LogP contribution in [0.15, 0.2) is 41.3 Å². The number of carbonyl (C=O) groups is 1. The Labute approximate surface area is 168 Å². The summed E-state index contributed by atoms with van der Waals surface area (Å²) in [4.78, 5) is 12.7. The van der Waals surface area contributed by atoms with E-state index in [-0.39, 0.29) is 15.5 Å². The zero-order valence-electron chi connectivity index (χ0n) is 14.5. The summed E-state index contributed by atoms with van der Waals surface area (Å²) in [5.41, 5.74) is 1.16. The maximum Gasteiger partial charge on any atom is 0.257 e. The molecule has 3 rings (SSSR count). The van der Waals surface area contributed by atoms with Gasteiger partial charge in [0.1, 0.15) is 0 Å². The fraction of sp³-hybridized carbons (Fsp3) is 0.278. The molecule has 0 aromatic heterocycles. The zero-order chi connectivity index (χ0) is 19.6. The first-order valence-electron chi connectivity index (χ1n) is 8.24. The summed E-state index contributed by atoms with van der Waals surface area (Å²) in [6.07, 6.45) is 0. The number of sulfonamides is 1. The summed E-state index contributed by atoms with van der Waals surface area (Å²) in [6.45, 7) is 3.05. The molecule has 1 fully saturated rings. The van der Waals surface area contributed by atoms with E-state index in [2.05, 4.69) is 5.32 Å². The lowest BCUT2D eigenvalue weighted by atomic mass is 10.2. The first-order chi connectivity index (χ1) is 12.8. The van der Waals surface area contributed by atoms with E-state index >= 15 is 0 Å². The smallest absolute Gasteiger partial charge is 0.257 e. The molecule has 0 unspecified atom stereocenters. The van der Waals surface area contributed by atoms with Gasteiger partial charge < -0.3 is 10.1 Å². The number of rotatable bonds is 4. The third-order valence-electron chi connectivity index (χ3n) is 4.21. The second kappa shape index (κ2) is 8.16. The Morgan fingerprint density at radius 3 is 2.52 bits per heavy atom. The number of carbonyl (C=O) groups excluding carboxylic acids is 1. The van der Waals surface area contributed by atoms with Crippen molar-refractivity contribution in [2.24, 2.45) is 0 Å². The van der Waals surface area contributed by atoms with Crippen molar-refractivity contribution in [2.75, 3.05) is 31.6 Å². The SMILES string of the molecule is Cc1ccc(NC(=O)c2cc(Cl)ccc2Cl)cc1S(=O)(=O)N1CCOCC1. The van der Waals surface area contributed by atoms with Gasteiger partial charge in [0.2, 0.25) is 10.0 Å². The van der Waals surface area contributed by atoms with Crippen LogP contribution in [0.2, 0.25) is 10.0 Å². The Morgan fingerprint density at radius 2 is 1.81 bits per heavy atom. The van der Waals surface area contributed by atoms with Gasteiger partial charge in [0.05, 0.1) is 28.7 Å². The van der Waals surface area contributed by atoms with E-state index in [0.29, 0.717) is 42.6 Å². The number of morpholine rings is 1. The number of amides is 1. The quantitative estimate of drug-likeness (QED) is 0.807. The monoisotopic (exact) mass is 428 g/mol. The van der Waals surface area contributed by atoms with E-state index in [9.17, 15) is 13.2 Å². The second-order valence-electron chi connectivity index (χ2n) is 6.08. The molecule has 0 saturated carbocycles. The van der Waals surface area contributed by atoms with Crippen LogP contribution in [0.3, 0.4) is 0 Å². The van der Waals surface area contributed by atoms with Crippen molar-refractivity contribution in [3.8, 4) is 0 Å². The summed E-state index contributed by atoms with van der Waals surface area (Å²) in [7, 11) is -3.68. The molecule has 6 nitrogen and oxygen atoms in total. The average molecular weight is 429 g/mol. The largest absolute Gasteiger partial charge is 0.379 e. The van der Waals surface area contributed by atoms with Crippen LogP contribution < -0.4 is 5.32 Å². The number of benzene rings is 2. The van der Waals surface area contributed by atoms with Gasteiger partial charge in [-0.15, -0.1) is 0 Å². The Morgan fingerprint density at radius 1 is 1.11 bits per heavy atom. The van der Waals surface area contributed by atoms with Crippen LogP contribution >= 0.6 is 23.2 Å². The topological polar surface area (TPSA) is 75.7 Å². The molecule has 1 aliphatic rings. The lowest BCUT2D eigenvalue weighted by molar-refractivity contribution is 0.0730. The predicted molar refractivity (Wildman–Crippen MR) is 105 cm³/mol. The summed E-state index contributed by atoms with van der Waals surface area (Å²) >= 11 is 12.0. The van der Waals surface area contributed by atoms with E-state index < -0.39 is 15.9 Å². The highest BCUT2D eigenvalue weighted by Gasteiger charge is 2.28. The first kappa shape index (κ1) is 20.1. The normalized spacial score (nSPS) is 15.5. The third kappa shape index (κ3) is 4.44. The molecule has 0 aliphatic carbocycles. The van der Waals surface area contributed by atoms with E-state index in [1.165, 1.54) is 22.5 Å². The van der Waals surface area contributed by atoms with Crippen molar-refractivity contribution in [3.63, 3.8) is 0 Å². The number of nitrogens with zero attached hydrogens (tertiary/aromatic N) is 1. The Balaban J connectivity index is 1.89. The molecule has 2 aromatic carbocycles. The molecule has 0 bridgehead atoms. The highest BCUT2D eigenvalue weighted by molar-refractivity contribution is 7.89. The Kier molecular flexibility index (Phi) is 6.08. The fourth-order valence-electron chi connectivity index (χ4n) is 2.75. The van der Waals surface area contributed by atoms with Crippen LogP contribution in [0.25, 0.3) is 0 Å². The van der Waals surface area contributed by atoms with Gasteiger partial charge in [0.15, 0.2) is 0 Å². The maximum absolute atomic E-state index is 12.9. The molecule has 1 aliphatic heterocycles.